The summed E-state index contributed by atoms with van der Waals surface area (Å²) in [6, 6.07) is 9.29. The van der Waals surface area contributed by atoms with Crippen LogP contribution in [0.15, 0.2) is 30.3 Å². The molecule has 1 aromatic carbocycles. The molecule has 0 unspecified atom stereocenters. The predicted molar refractivity (Wildman–Crippen MR) is 114 cm³/mol. The number of esters is 2. The third kappa shape index (κ3) is 7.64. The Morgan fingerprint density at radius 2 is 1.53 bits per heavy atom. The van der Waals surface area contributed by atoms with E-state index in [-0.39, 0.29) is 25.4 Å². The van der Waals surface area contributed by atoms with E-state index in [4.69, 9.17) is 18.9 Å². The van der Waals surface area contributed by atoms with Crippen molar-refractivity contribution in [3.8, 4) is 0 Å². The minimum absolute atomic E-state index is 0.0154. The number of ketones is 1. The van der Waals surface area contributed by atoms with Crippen LogP contribution in [0.1, 0.15) is 46.1 Å². The molecule has 9 nitrogen and oxygen atoms in total. The molecule has 0 aliphatic carbocycles. The van der Waals surface area contributed by atoms with Crippen LogP contribution in [0.5, 0.6) is 0 Å². The van der Waals surface area contributed by atoms with Crippen molar-refractivity contribution in [1.29, 1.82) is 0 Å². The summed E-state index contributed by atoms with van der Waals surface area (Å²) in [6.45, 7) is 6.32. The molecule has 1 aliphatic rings. The number of carbonyl (C=O) groups excluding carboxylic acids is 4. The van der Waals surface area contributed by atoms with Gasteiger partial charge in [-0.2, -0.15) is 0 Å². The van der Waals surface area contributed by atoms with Gasteiger partial charge in [-0.3, -0.25) is 14.4 Å². The fourth-order valence-corrected chi connectivity index (χ4v) is 3.62. The van der Waals surface area contributed by atoms with E-state index in [1.807, 2.05) is 37.3 Å². The van der Waals surface area contributed by atoms with E-state index in [0.717, 1.165) is 5.56 Å². The number of amides is 1. The molecule has 1 fully saturated rings. The van der Waals surface area contributed by atoms with Crippen LogP contribution in [0.3, 0.4) is 0 Å². The van der Waals surface area contributed by atoms with Gasteiger partial charge in [-0.25, -0.2) is 4.79 Å². The Morgan fingerprint density at radius 3 is 2.06 bits per heavy atom. The molecule has 0 spiro atoms. The molecule has 1 aliphatic heterocycles. The zero-order chi connectivity index (χ0) is 23.7. The first kappa shape index (κ1) is 25.3. The van der Waals surface area contributed by atoms with Crippen molar-refractivity contribution in [2.45, 2.75) is 71.6 Å². The average molecular weight is 450 g/mol. The number of hydrogen-bond donors (Lipinski definition) is 0. The Morgan fingerprint density at radius 1 is 0.938 bits per heavy atom. The van der Waals surface area contributed by atoms with Crippen LogP contribution in [0.4, 0.5) is 4.79 Å². The zero-order valence-corrected chi connectivity index (χ0v) is 18.9. The fourth-order valence-electron chi connectivity index (χ4n) is 3.62. The Labute approximate surface area is 187 Å². The molecule has 4 atom stereocenters. The van der Waals surface area contributed by atoms with Crippen LogP contribution in [0.25, 0.3) is 0 Å². The monoisotopic (exact) mass is 449 g/mol. The largest absolute Gasteiger partial charge is 0.456 e. The number of benzene rings is 1. The Balaban J connectivity index is 2.16. The van der Waals surface area contributed by atoms with E-state index < -0.39 is 42.4 Å². The second-order valence-corrected chi connectivity index (χ2v) is 7.75. The highest BCUT2D eigenvalue weighted by atomic mass is 16.6. The van der Waals surface area contributed by atoms with E-state index >= 15 is 0 Å². The maximum absolute atomic E-state index is 12.7. The topological polar surface area (TPSA) is 108 Å². The molecule has 0 bridgehead atoms. The second kappa shape index (κ2) is 12.2. The van der Waals surface area contributed by atoms with E-state index in [0.29, 0.717) is 13.0 Å². The van der Waals surface area contributed by atoms with Gasteiger partial charge in [0, 0.05) is 26.8 Å². The zero-order valence-electron chi connectivity index (χ0n) is 18.9. The molecule has 0 saturated carbocycles. The highest BCUT2D eigenvalue weighted by Crippen LogP contribution is 2.30. The molecule has 0 N–H and O–H groups in total. The number of hydrogen-bond acceptors (Lipinski definition) is 8. The molecule has 2 rings (SSSR count). The van der Waals surface area contributed by atoms with E-state index in [1.54, 1.807) is 0 Å². The lowest BCUT2D eigenvalue weighted by molar-refractivity contribution is -0.164. The first-order valence-corrected chi connectivity index (χ1v) is 10.7. The molecule has 0 aromatic heterocycles. The van der Waals surface area contributed by atoms with Crippen molar-refractivity contribution < 1.29 is 38.1 Å². The summed E-state index contributed by atoms with van der Waals surface area (Å²) < 4.78 is 22.2. The van der Waals surface area contributed by atoms with Crippen molar-refractivity contribution in [1.82, 2.24) is 4.90 Å². The summed E-state index contributed by atoms with van der Waals surface area (Å²) in [5.41, 5.74) is 0.851. The average Bonchev–Trinajstić information content (AvgIpc) is 3.01. The van der Waals surface area contributed by atoms with Gasteiger partial charge in [-0.05, 0) is 18.9 Å². The summed E-state index contributed by atoms with van der Waals surface area (Å²) in [5.74, 6) is -1.34. The van der Waals surface area contributed by atoms with Gasteiger partial charge in [0.1, 0.15) is 24.6 Å². The summed E-state index contributed by atoms with van der Waals surface area (Å²) in [7, 11) is 0. The lowest BCUT2D eigenvalue weighted by atomic mass is 10.0. The van der Waals surface area contributed by atoms with Gasteiger partial charge in [0.25, 0.3) is 0 Å². The number of Topliss-reactive ketones (excluding diaryl/α,β-unsaturated/α-hetero) is 1. The number of ether oxygens (including phenoxy) is 4. The van der Waals surface area contributed by atoms with E-state index in [9.17, 15) is 19.2 Å². The van der Waals surface area contributed by atoms with Crippen LogP contribution in [0.2, 0.25) is 0 Å². The third-order valence-corrected chi connectivity index (χ3v) is 4.86. The van der Waals surface area contributed by atoms with Crippen LogP contribution >= 0.6 is 0 Å². The smallest absolute Gasteiger partial charge is 0.410 e. The summed E-state index contributed by atoms with van der Waals surface area (Å²) in [5, 5.41) is 0. The first-order valence-electron chi connectivity index (χ1n) is 10.7. The molecule has 32 heavy (non-hydrogen) atoms. The quantitative estimate of drug-likeness (QED) is 0.396. The van der Waals surface area contributed by atoms with Crippen LogP contribution in [-0.2, 0) is 39.9 Å². The van der Waals surface area contributed by atoms with Gasteiger partial charge < -0.3 is 23.8 Å². The molecule has 1 saturated heterocycles. The van der Waals surface area contributed by atoms with E-state index in [2.05, 4.69) is 0 Å². The fraction of sp³-hybridized carbons (Fsp3) is 0.565. The van der Waals surface area contributed by atoms with E-state index in [1.165, 1.54) is 25.7 Å². The lowest BCUT2D eigenvalue weighted by Crippen LogP contribution is -2.46. The van der Waals surface area contributed by atoms with Crippen LogP contribution in [-0.4, -0.2) is 66.2 Å². The molecule has 1 heterocycles. The molecule has 0 radical (unpaired) electrons. The number of nitrogens with zero attached hydrogens (tertiary/aromatic N) is 1. The molecule has 9 heteroatoms. The first-order chi connectivity index (χ1) is 15.2. The second-order valence-electron chi connectivity index (χ2n) is 7.75. The summed E-state index contributed by atoms with van der Waals surface area (Å²) >= 11 is 0. The van der Waals surface area contributed by atoms with Crippen molar-refractivity contribution in [2.24, 2.45) is 0 Å². The Kier molecular flexibility index (Phi) is 9.64. The molecule has 1 aromatic rings. The Hall–Kier alpha value is -2.94. The Bertz CT molecular complexity index is 796. The normalized spacial score (nSPS) is 22.1. The minimum Gasteiger partial charge on any atom is -0.456 e. The van der Waals surface area contributed by atoms with Gasteiger partial charge >= 0.3 is 18.0 Å². The van der Waals surface area contributed by atoms with Gasteiger partial charge in [0.05, 0.1) is 6.54 Å². The van der Waals surface area contributed by atoms with Crippen LogP contribution < -0.4 is 0 Å². The van der Waals surface area contributed by atoms with Crippen molar-refractivity contribution in [3.63, 3.8) is 0 Å². The maximum Gasteiger partial charge on any atom is 0.410 e. The lowest BCUT2D eigenvalue weighted by Gasteiger charge is -2.28. The standard InChI is InChI=1S/C23H31NO8/c1-5-11-24(23(28)29-14-18-9-7-6-8-10-18)13-20-22(31-17(4)27)21(30-16(3)26)19(32-20)12-15(2)25/h6-10,19-22H,5,11-14H2,1-4H3/t19-,20-,21+,22-/m1/s1. The molecule has 1 amide bonds. The molecular formula is C23H31NO8. The van der Waals surface area contributed by atoms with Crippen LogP contribution in [0, 0.1) is 0 Å². The predicted octanol–water partition coefficient (Wildman–Crippen LogP) is 2.65. The maximum atomic E-state index is 12.7. The van der Waals surface area contributed by atoms with Gasteiger partial charge in [0.2, 0.25) is 0 Å². The highest BCUT2D eigenvalue weighted by Gasteiger charge is 2.50. The molecule has 176 valence electrons. The van der Waals surface area contributed by atoms with Gasteiger partial charge in [-0.15, -0.1) is 0 Å². The van der Waals surface area contributed by atoms with Crippen molar-refractivity contribution >= 4 is 23.8 Å². The van der Waals surface area contributed by atoms with Gasteiger partial charge in [0.15, 0.2) is 12.2 Å². The van der Waals surface area contributed by atoms with Gasteiger partial charge in [-0.1, -0.05) is 37.3 Å². The van der Waals surface area contributed by atoms with Crippen molar-refractivity contribution in [3.05, 3.63) is 35.9 Å². The minimum atomic E-state index is -0.956. The highest BCUT2D eigenvalue weighted by molar-refractivity contribution is 5.76. The van der Waals surface area contributed by atoms with Crippen molar-refractivity contribution in [2.75, 3.05) is 13.1 Å². The number of carbonyl (C=O) groups is 4. The SMILES string of the molecule is CCCN(C[C@H]1O[C@H](CC(C)=O)[C@H](OC(C)=O)[C@@H]1OC(C)=O)C(=O)OCc1ccccc1. The summed E-state index contributed by atoms with van der Waals surface area (Å²) in [6.07, 6.45) is -3.37. The summed E-state index contributed by atoms with van der Waals surface area (Å²) in [4.78, 5) is 49.3. The third-order valence-electron chi connectivity index (χ3n) is 4.86. The number of rotatable bonds is 10. The molecular weight excluding hydrogens is 418 g/mol.